The Morgan fingerprint density at radius 2 is 2.04 bits per heavy atom. The zero-order chi connectivity index (χ0) is 19.2. The molecule has 4 rings (SSSR count). The van der Waals surface area contributed by atoms with Gasteiger partial charge in [0.25, 0.3) is 0 Å². The van der Waals surface area contributed by atoms with E-state index >= 15 is 0 Å². The Morgan fingerprint density at radius 3 is 2.81 bits per heavy atom. The highest BCUT2D eigenvalue weighted by Crippen LogP contribution is 2.28. The molecule has 1 aliphatic rings. The monoisotopic (exact) mass is 366 g/mol. The Bertz CT molecular complexity index is 971. The average Bonchev–Trinajstić information content (AvgIpc) is 3.02. The predicted octanol–water partition coefficient (Wildman–Crippen LogP) is 2.13. The van der Waals surface area contributed by atoms with Gasteiger partial charge in [-0.15, -0.1) is 10.2 Å². The Labute approximate surface area is 158 Å². The van der Waals surface area contributed by atoms with Gasteiger partial charge in [-0.05, 0) is 30.5 Å². The number of aryl methyl sites for hydroxylation is 1. The minimum atomic E-state index is 0.153. The first kappa shape index (κ1) is 17.7. The molecule has 1 unspecified atom stereocenters. The molecule has 1 fully saturated rings. The summed E-state index contributed by atoms with van der Waals surface area (Å²) in [5, 5.41) is 20.3. The molecule has 1 aliphatic heterocycles. The van der Waals surface area contributed by atoms with Crippen molar-refractivity contribution in [2.24, 2.45) is 5.41 Å². The van der Waals surface area contributed by atoms with Gasteiger partial charge < -0.3 is 16.0 Å². The van der Waals surface area contributed by atoms with E-state index in [1.165, 1.54) is 0 Å². The van der Waals surface area contributed by atoms with Crippen LogP contribution < -0.4 is 16.0 Å². The number of aromatic amines is 1. The number of nitrogens with one attached hydrogen (secondary N) is 2. The van der Waals surface area contributed by atoms with E-state index < -0.39 is 0 Å². The van der Waals surface area contributed by atoms with Crippen LogP contribution in [-0.2, 0) is 0 Å². The van der Waals surface area contributed by atoms with Crippen LogP contribution in [-0.4, -0.2) is 51.1 Å². The number of piperazine rings is 1. The first-order valence-corrected chi connectivity index (χ1v) is 9.26. The van der Waals surface area contributed by atoms with E-state index in [1.54, 1.807) is 0 Å². The second kappa shape index (κ2) is 6.45. The zero-order valence-electron chi connectivity index (χ0n) is 16.2. The Balaban J connectivity index is 1.69. The summed E-state index contributed by atoms with van der Waals surface area (Å²) in [6.07, 6.45) is 0. The number of hydrogen-bond donors (Lipinski definition) is 3. The molecule has 142 valence electrons. The number of nitrogens with two attached hydrogens (primary N) is 1. The van der Waals surface area contributed by atoms with Crippen molar-refractivity contribution >= 4 is 22.5 Å². The third kappa shape index (κ3) is 3.32. The summed E-state index contributed by atoms with van der Waals surface area (Å²) in [6.45, 7) is 11.3. The fraction of sp³-hybridized carbons (Fsp3) is 0.474. The highest BCUT2D eigenvalue weighted by molar-refractivity contribution is 5.85. The molecular formula is C19H26N8. The highest BCUT2D eigenvalue weighted by Gasteiger charge is 2.31. The lowest BCUT2D eigenvalue weighted by Gasteiger charge is -2.41. The third-order valence-corrected chi connectivity index (χ3v) is 5.22. The standard InChI is InChI=1S/C19H26N8/c1-11-13-9-12(5-6-14(13)24-23-11)17-22-18(16(20)25-26-17)27-8-7-21-15(10-27)19(2,3)4/h5-6,9,15,21H,7-8,10H2,1-4H3,(H2,20,25)(H,23,24). The van der Waals surface area contributed by atoms with Crippen LogP contribution in [0.4, 0.5) is 11.6 Å². The second-order valence-electron chi connectivity index (χ2n) is 8.24. The lowest BCUT2D eigenvalue weighted by atomic mass is 9.85. The van der Waals surface area contributed by atoms with Gasteiger partial charge >= 0.3 is 0 Å². The van der Waals surface area contributed by atoms with Gasteiger partial charge in [0.05, 0.1) is 5.52 Å². The van der Waals surface area contributed by atoms with Crippen molar-refractivity contribution < 1.29 is 0 Å². The van der Waals surface area contributed by atoms with Crippen LogP contribution in [0.5, 0.6) is 0 Å². The molecule has 27 heavy (non-hydrogen) atoms. The van der Waals surface area contributed by atoms with Crippen LogP contribution in [0.25, 0.3) is 22.3 Å². The number of H-pyrrole nitrogens is 1. The van der Waals surface area contributed by atoms with Gasteiger partial charge in [-0.2, -0.15) is 5.10 Å². The smallest absolute Gasteiger partial charge is 0.189 e. The molecule has 0 amide bonds. The zero-order valence-corrected chi connectivity index (χ0v) is 16.2. The van der Waals surface area contributed by atoms with Crippen LogP contribution in [0.15, 0.2) is 18.2 Å². The molecule has 0 saturated carbocycles. The van der Waals surface area contributed by atoms with Crippen LogP contribution in [0.3, 0.4) is 0 Å². The van der Waals surface area contributed by atoms with Crippen LogP contribution in [0.2, 0.25) is 0 Å². The number of nitrogen functional groups attached to an aromatic ring is 1. The molecule has 0 bridgehead atoms. The van der Waals surface area contributed by atoms with Crippen molar-refractivity contribution in [3.05, 3.63) is 23.9 Å². The number of nitrogens with zero attached hydrogens (tertiary/aromatic N) is 5. The highest BCUT2D eigenvalue weighted by atomic mass is 15.3. The van der Waals surface area contributed by atoms with Crippen molar-refractivity contribution in [1.82, 2.24) is 30.7 Å². The number of rotatable bonds is 2. The van der Waals surface area contributed by atoms with Gasteiger partial charge in [0.15, 0.2) is 17.5 Å². The van der Waals surface area contributed by atoms with Gasteiger partial charge in [0.1, 0.15) is 0 Å². The number of fused-ring (bicyclic) bond motifs is 1. The summed E-state index contributed by atoms with van der Waals surface area (Å²) in [6, 6.07) is 6.33. The molecule has 8 heteroatoms. The van der Waals surface area contributed by atoms with Crippen molar-refractivity contribution in [3.63, 3.8) is 0 Å². The van der Waals surface area contributed by atoms with Crippen LogP contribution in [0.1, 0.15) is 26.5 Å². The normalized spacial score (nSPS) is 18.2. The maximum absolute atomic E-state index is 6.14. The van der Waals surface area contributed by atoms with E-state index in [2.05, 4.69) is 51.4 Å². The Morgan fingerprint density at radius 1 is 1.22 bits per heavy atom. The summed E-state index contributed by atoms with van der Waals surface area (Å²) < 4.78 is 0. The van der Waals surface area contributed by atoms with Crippen molar-refractivity contribution in [1.29, 1.82) is 0 Å². The van der Waals surface area contributed by atoms with E-state index in [1.807, 2.05) is 25.1 Å². The average molecular weight is 366 g/mol. The summed E-state index contributed by atoms with van der Waals surface area (Å²) in [7, 11) is 0. The molecule has 3 aromatic rings. The molecular weight excluding hydrogens is 340 g/mol. The molecule has 1 atom stereocenters. The first-order valence-electron chi connectivity index (χ1n) is 9.26. The largest absolute Gasteiger partial charge is 0.379 e. The van der Waals surface area contributed by atoms with Gasteiger partial charge in [-0.3, -0.25) is 5.10 Å². The molecule has 0 radical (unpaired) electrons. The molecule has 1 saturated heterocycles. The van der Waals surface area contributed by atoms with Gasteiger partial charge in [0, 0.05) is 42.3 Å². The molecule has 4 N–H and O–H groups in total. The number of benzene rings is 1. The molecule has 8 nitrogen and oxygen atoms in total. The number of aromatic nitrogens is 5. The van der Waals surface area contributed by atoms with E-state index in [4.69, 9.17) is 10.7 Å². The van der Waals surface area contributed by atoms with E-state index in [9.17, 15) is 0 Å². The summed E-state index contributed by atoms with van der Waals surface area (Å²) in [4.78, 5) is 6.98. The minimum Gasteiger partial charge on any atom is -0.379 e. The summed E-state index contributed by atoms with van der Waals surface area (Å²) >= 11 is 0. The summed E-state index contributed by atoms with van der Waals surface area (Å²) in [5.41, 5.74) is 9.14. The van der Waals surface area contributed by atoms with Crippen LogP contribution in [0, 0.1) is 12.3 Å². The Kier molecular flexibility index (Phi) is 4.22. The van der Waals surface area contributed by atoms with Crippen LogP contribution >= 0.6 is 0 Å². The minimum absolute atomic E-state index is 0.153. The van der Waals surface area contributed by atoms with Crippen molar-refractivity contribution in [2.45, 2.75) is 33.7 Å². The Hall–Kier alpha value is -2.74. The maximum Gasteiger partial charge on any atom is 0.189 e. The lowest BCUT2D eigenvalue weighted by molar-refractivity contribution is 0.253. The lowest BCUT2D eigenvalue weighted by Crippen LogP contribution is -2.56. The van der Waals surface area contributed by atoms with E-state index in [-0.39, 0.29) is 5.41 Å². The van der Waals surface area contributed by atoms with Crippen molar-refractivity contribution in [2.75, 3.05) is 30.3 Å². The van der Waals surface area contributed by atoms with Gasteiger partial charge in [-0.25, -0.2) is 4.98 Å². The molecule has 0 aliphatic carbocycles. The van der Waals surface area contributed by atoms with E-state index in [0.29, 0.717) is 23.5 Å². The quantitative estimate of drug-likeness (QED) is 0.637. The van der Waals surface area contributed by atoms with Gasteiger partial charge in [-0.1, -0.05) is 20.8 Å². The fourth-order valence-corrected chi connectivity index (χ4v) is 3.48. The fourth-order valence-electron chi connectivity index (χ4n) is 3.48. The second-order valence-corrected chi connectivity index (χ2v) is 8.24. The van der Waals surface area contributed by atoms with E-state index in [0.717, 1.165) is 41.8 Å². The topological polar surface area (TPSA) is 109 Å². The molecule has 2 aromatic heterocycles. The molecule has 3 heterocycles. The number of hydrogen-bond acceptors (Lipinski definition) is 7. The van der Waals surface area contributed by atoms with Gasteiger partial charge in [0.2, 0.25) is 0 Å². The van der Waals surface area contributed by atoms with Crippen molar-refractivity contribution in [3.8, 4) is 11.4 Å². The maximum atomic E-state index is 6.14. The summed E-state index contributed by atoms with van der Waals surface area (Å²) in [5.74, 6) is 1.65. The SMILES string of the molecule is Cc1[nH]nc2ccc(-c3nnc(N)c(N4CCNC(C(C)(C)C)C4)n3)cc12. The molecule has 0 spiro atoms. The first-order chi connectivity index (χ1) is 12.8. The number of anilines is 2. The predicted molar refractivity (Wildman–Crippen MR) is 108 cm³/mol. The molecule has 1 aromatic carbocycles. The third-order valence-electron chi connectivity index (χ3n) is 5.22.